The van der Waals surface area contributed by atoms with E-state index in [2.05, 4.69) is 11.9 Å². The van der Waals surface area contributed by atoms with Gasteiger partial charge in [0, 0.05) is 5.56 Å². The van der Waals surface area contributed by atoms with E-state index in [0.29, 0.717) is 23.6 Å². The lowest BCUT2D eigenvalue weighted by Gasteiger charge is -2.10. The molecule has 0 radical (unpaired) electrons. The van der Waals surface area contributed by atoms with Gasteiger partial charge in [-0.2, -0.15) is 0 Å². The Kier molecular flexibility index (Phi) is 14.0. The van der Waals surface area contributed by atoms with Crippen LogP contribution in [0.25, 0.3) is 0 Å². The number of ether oxygens (including phenoxy) is 1. The number of benzene rings is 2. The maximum absolute atomic E-state index is 12.3. The molecule has 2 aromatic rings. The topological polar surface area (TPSA) is 64.3 Å². The molecule has 0 aliphatic rings. The lowest BCUT2D eigenvalue weighted by molar-refractivity contribution is 0.0966. The average Bonchev–Trinajstić information content (AvgIpc) is 2.80. The number of nitrogens with one attached hydrogen (secondary N) is 1. The van der Waals surface area contributed by atoms with Crippen LogP contribution in [0.15, 0.2) is 90.8 Å². The van der Waals surface area contributed by atoms with E-state index in [1.807, 2.05) is 70.2 Å². The van der Waals surface area contributed by atoms with Gasteiger partial charge < -0.3 is 15.8 Å². The first-order valence-corrected chi connectivity index (χ1v) is 9.97. The third-order valence-corrected chi connectivity index (χ3v) is 3.52. The molecule has 3 N–H and O–H groups in total. The molecule has 0 unspecified atom stereocenters. The third-order valence-electron chi connectivity index (χ3n) is 3.52. The summed E-state index contributed by atoms with van der Waals surface area (Å²) in [5, 5.41) is 2.79. The Morgan fingerprint density at radius 3 is 2.14 bits per heavy atom. The summed E-state index contributed by atoms with van der Waals surface area (Å²) >= 11 is 0. The number of amides is 1. The molecule has 0 aromatic heterocycles. The minimum Gasteiger partial charge on any atom is -0.489 e. The van der Waals surface area contributed by atoms with Gasteiger partial charge in [0.25, 0.3) is 5.91 Å². The zero-order chi connectivity index (χ0) is 22.1. The number of para-hydroxylation sites is 1. The summed E-state index contributed by atoms with van der Waals surface area (Å²) in [6.45, 7) is 13.9. The van der Waals surface area contributed by atoms with Crippen LogP contribution in [0, 0.1) is 0 Å². The normalized spacial score (nSPS) is 10.5. The van der Waals surface area contributed by atoms with E-state index in [9.17, 15) is 4.79 Å². The average molecular weight is 395 g/mol. The lowest BCUT2D eigenvalue weighted by Crippen LogP contribution is -2.26. The van der Waals surface area contributed by atoms with Crippen LogP contribution in [0.2, 0.25) is 0 Å². The molecule has 0 saturated carbocycles. The summed E-state index contributed by atoms with van der Waals surface area (Å²) in [6.07, 6.45) is 4.96. The molecule has 0 aliphatic carbocycles. The predicted octanol–water partition coefficient (Wildman–Crippen LogP) is 5.98. The molecule has 2 rings (SSSR count). The lowest BCUT2D eigenvalue weighted by atomic mass is 10.1. The Bertz CT molecular complexity index is 776. The highest BCUT2D eigenvalue weighted by molar-refractivity contribution is 5.95. The number of carbonyl (C=O) groups excluding carboxylic acids is 1. The van der Waals surface area contributed by atoms with Gasteiger partial charge in [0.1, 0.15) is 12.4 Å². The maximum Gasteiger partial charge on any atom is 0.255 e. The van der Waals surface area contributed by atoms with Crippen LogP contribution in [-0.4, -0.2) is 5.91 Å². The van der Waals surface area contributed by atoms with E-state index < -0.39 is 0 Å². The van der Waals surface area contributed by atoms with Gasteiger partial charge in [-0.05, 0) is 42.8 Å². The van der Waals surface area contributed by atoms with Crippen LogP contribution < -0.4 is 15.8 Å². The van der Waals surface area contributed by atoms with Crippen LogP contribution in [0.3, 0.4) is 0 Å². The monoisotopic (exact) mass is 394 g/mol. The van der Waals surface area contributed by atoms with E-state index in [-0.39, 0.29) is 5.91 Å². The predicted molar refractivity (Wildman–Crippen MR) is 124 cm³/mol. The molecule has 2 aromatic carbocycles. The Labute approximate surface area is 175 Å². The Morgan fingerprint density at radius 1 is 1.03 bits per heavy atom. The van der Waals surface area contributed by atoms with Crippen molar-refractivity contribution in [1.82, 2.24) is 5.32 Å². The number of nitrogens with two attached hydrogens (primary N) is 1. The Hall–Kier alpha value is -3.27. The first-order chi connectivity index (χ1) is 14.1. The molecule has 0 aliphatic heterocycles. The maximum atomic E-state index is 12.3. The molecule has 0 atom stereocenters. The van der Waals surface area contributed by atoms with Crippen molar-refractivity contribution in [2.45, 2.75) is 41.2 Å². The van der Waals surface area contributed by atoms with Crippen molar-refractivity contribution in [1.29, 1.82) is 0 Å². The molecule has 0 heterocycles. The smallest absolute Gasteiger partial charge is 0.255 e. The summed E-state index contributed by atoms with van der Waals surface area (Å²) in [5.74, 6) is 0.582. The number of carbonyl (C=O) groups is 1. The molecular formula is C25H34N2O2. The van der Waals surface area contributed by atoms with Gasteiger partial charge in [0.15, 0.2) is 0 Å². The van der Waals surface area contributed by atoms with Crippen molar-refractivity contribution < 1.29 is 9.53 Å². The van der Waals surface area contributed by atoms with E-state index in [0.717, 1.165) is 11.3 Å². The third kappa shape index (κ3) is 9.47. The minimum absolute atomic E-state index is 0.228. The minimum atomic E-state index is -0.228. The van der Waals surface area contributed by atoms with Crippen LogP contribution in [0.1, 0.15) is 50.5 Å². The standard InChI is InChI=1S/C21H22N2O2.2C2H6/c1-3-8-20(19(22)4-2)23-21(24)17-13-11-16(12-14-17)15-25-18-9-6-5-7-10-18;2*1-2/h3-14H,1,15,22H2,2H3,(H,23,24);2*1-2H3/b19-4+,20-8+;;. The van der Waals surface area contributed by atoms with Crippen LogP contribution >= 0.6 is 0 Å². The van der Waals surface area contributed by atoms with Crippen molar-refractivity contribution in [3.8, 4) is 5.75 Å². The van der Waals surface area contributed by atoms with E-state index in [4.69, 9.17) is 10.5 Å². The second-order valence-electron chi connectivity index (χ2n) is 5.31. The fourth-order valence-electron chi connectivity index (χ4n) is 2.11. The summed E-state index contributed by atoms with van der Waals surface area (Å²) in [7, 11) is 0. The molecule has 0 bridgehead atoms. The zero-order valence-electron chi connectivity index (χ0n) is 18.2. The number of allylic oxidation sites excluding steroid dienone is 3. The highest BCUT2D eigenvalue weighted by atomic mass is 16.5. The van der Waals surface area contributed by atoms with Crippen LogP contribution in [0.5, 0.6) is 5.75 Å². The fraction of sp³-hybridized carbons (Fsp3) is 0.240. The van der Waals surface area contributed by atoms with E-state index >= 15 is 0 Å². The Balaban J connectivity index is 0.00000184. The molecule has 4 heteroatoms. The molecule has 0 spiro atoms. The first kappa shape index (κ1) is 25.7. The molecular weight excluding hydrogens is 360 g/mol. The molecule has 29 heavy (non-hydrogen) atoms. The van der Waals surface area contributed by atoms with Gasteiger partial charge in [-0.1, -0.05) is 76.8 Å². The molecule has 156 valence electrons. The highest BCUT2D eigenvalue weighted by Gasteiger charge is 2.09. The molecule has 1 amide bonds. The van der Waals surface area contributed by atoms with Gasteiger partial charge in [-0.15, -0.1) is 0 Å². The van der Waals surface area contributed by atoms with Gasteiger partial charge in [-0.25, -0.2) is 0 Å². The largest absolute Gasteiger partial charge is 0.489 e. The second-order valence-corrected chi connectivity index (χ2v) is 5.31. The summed E-state index contributed by atoms with van der Waals surface area (Å²) in [5.41, 5.74) is 8.40. The quantitative estimate of drug-likeness (QED) is 0.568. The van der Waals surface area contributed by atoms with Crippen molar-refractivity contribution in [2.24, 2.45) is 5.73 Å². The van der Waals surface area contributed by atoms with Crippen molar-refractivity contribution >= 4 is 5.91 Å². The SMILES string of the molecule is C=C/C=C(NC(=O)c1ccc(COc2ccccc2)cc1)\C(N)=C/C.CC.CC. The summed E-state index contributed by atoms with van der Waals surface area (Å²) in [4.78, 5) is 12.3. The van der Waals surface area contributed by atoms with Gasteiger partial charge >= 0.3 is 0 Å². The Morgan fingerprint density at radius 2 is 1.62 bits per heavy atom. The number of hydrogen-bond donors (Lipinski definition) is 2. The van der Waals surface area contributed by atoms with Crippen LogP contribution in [0.4, 0.5) is 0 Å². The zero-order valence-corrected chi connectivity index (χ0v) is 18.2. The number of rotatable bonds is 7. The van der Waals surface area contributed by atoms with Gasteiger partial charge in [0.2, 0.25) is 0 Å². The molecule has 0 saturated heterocycles. The molecule has 0 fully saturated rings. The van der Waals surface area contributed by atoms with Gasteiger partial charge in [0.05, 0.1) is 11.4 Å². The summed E-state index contributed by atoms with van der Waals surface area (Å²) in [6, 6.07) is 16.9. The van der Waals surface area contributed by atoms with Crippen LogP contribution in [-0.2, 0) is 6.61 Å². The first-order valence-electron chi connectivity index (χ1n) is 9.97. The van der Waals surface area contributed by atoms with E-state index in [1.54, 1.807) is 37.3 Å². The highest BCUT2D eigenvalue weighted by Crippen LogP contribution is 2.13. The van der Waals surface area contributed by atoms with E-state index in [1.165, 1.54) is 0 Å². The van der Waals surface area contributed by atoms with Crippen molar-refractivity contribution in [3.63, 3.8) is 0 Å². The fourth-order valence-corrected chi connectivity index (χ4v) is 2.11. The van der Waals surface area contributed by atoms with Crippen molar-refractivity contribution in [2.75, 3.05) is 0 Å². The summed E-state index contributed by atoms with van der Waals surface area (Å²) < 4.78 is 5.69. The molecule has 4 nitrogen and oxygen atoms in total. The number of hydrogen-bond acceptors (Lipinski definition) is 3. The second kappa shape index (κ2) is 15.8. The van der Waals surface area contributed by atoms with Gasteiger partial charge in [-0.3, -0.25) is 4.79 Å². The van der Waals surface area contributed by atoms with Crippen molar-refractivity contribution in [3.05, 3.63) is 102 Å².